The first-order valence-electron chi connectivity index (χ1n) is 6.66. The molecule has 1 aromatic carbocycles. The lowest BCUT2D eigenvalue weighted by Crippen LogP contribution is -2.06. The molecule has 0 radical (unpaired) electrons. The van der Waals surface area contributed by atoms with Gasteiger partial charge in [-0.25, -0.2) is 4.39 Å². The topological polar surface area (TPSA) is 38.0 Å². The van der Waals surface area contributed by atoms with Crippen molar-refractivity contribution in [3.8, 4) is 0 Å². The second-order valence-electron chi connectivity index (χ2n) is 5.30. The van der Waals surface area contributed by atoms with Crippen molar-refractivity contribution in [2.24, 2.45) is 7.05 Å². The zero-order valence-electron chi connectivity index (χ0n) is 12.1. The van der Waals surface area contributed by atoms with E-state index < -0.39 is 6.10 Å². The molecule has 0 aliphatic carbocycles. The van der Waals surface area contributed by atoms with E-state index in [-0.39, 0.29) is 18.2 Å². The molecular formula is C15H17BrClFN2O. The molecule has 0 spiro atoms. The number of benzene rings is 1. The molecule has 114 valence electrons. The molecule has 0 saturated carbocycles. The van der Waals surface area contributed by atoms with E-state index in [1.54, 1.807) is 23.9 Å². The summed E-state index contributed by atoms with van der Waals surface area (Å²) in [5.41, 5.74) is 2.07. The van der Waals surface area contributed by atoms with E-state index >= 15 is 0 Å². The number of hydrogen-bond acceptors (Lipinski definition) is 2. The van der Waals surface area contributed by atoms with Gasteiger partial charge in [0.1, 0.15) is 11.0 Å². The molecule has 21 heavy (non-hydrogen) atoms. The van der Waals surface area contributed by atoms with E-state index in [4.69, 9.17) is 11.6 Å². The van der Waals surface area contributed by atoms with Crippen LogP contribution in [0.4, 0.5) is 4.39 Å². The lowest BCUT2D eigenvalue weighted by atomic mass is 9.97. The van der Waals surface area contributed by atoms with Crippen LogP contribution in [0.2, 0.25) is 5.15 Å². The number of hydrogen-bond donors (Lipinski definition) is 1. The Kier molecular flexibility index (Phi) is 5.07. The first-order chi connectivity index (χ1) is 9.82. The molecule has 3 nitrogen and oxygen atoms in total. The number of aliphatic hydroxyl groups is 1. The molecule has 1 heterocycles. The summed E-state index contributed by atoms with van der Waals surface area (Å²) >= 11 is 9.46. The Balaban J connectivity index is 2.37. The lowest BCUT2D eigenvalue weighted by Gasteiger charge is -2.14. The standard InChI is InChI=1S/C15H17BrClFN2O/c1-8(2)14-12(15(17)20(3)19-14)11(21)7-9-5-4-6-10(18)13(9)16/h4-6,8,11,21H,7H2,1-3H3. The Labute approximate surface area is 136 Å². The monoisotopic (exact) mass is 374 g/mol. The largest absolute Gasteiger partial charge is 0.388 e. The maximum absolute atomic E-state index is 13.6. The van der Waals surface area contributed by atoms with Crippen LogP contribution in [-0.4, -0.2) is 14.9 Å². The fourth-order valence-electron chi connectivity index (χ4n) is 2.29. The molecule has 0 saturated heterocycles. The van der Waals surface area contributed by atoms with Gasteiger partial charge in [0.15, 0.2) is 0 Å². The Morgan fingerprint density at radius 3 is 2.71 bits per heavy atom. The quantitative estimate of drug-likeness (QED) is 0.861. The third-order valence-corrected chi connectivity index (χ3v) is 4.70. The minimum Gasteiger partial charge on any atom is -0.388 e. The van der Waals surface area contributed by atoms with Crippen LogP contribution in [-0.2, 0) is 13.5 Å². The van der Waals surface area contributed by atoms with Gasteiger partial charge in [0, 0.05) is 19.0 Å². The smallest absolute Gasteiger partial charge is 0.137 e. The summed E-state index contributed by atoms with van der Waals surface area (Å²) in [5, 5.41) is 15.3. The number of rotatable bonds is 4. The van der Waals surface area contributed by atoms with Gasteiger partial charge in [0.2, 0.25) is 0 Å². The van der Waals surface area contributed by atoms with Crippen LogP contribution in [0.5, 0.6) is 0 Å². The highest BCUT2D eigenvalue weighted by molar-refractivity contribution is 9.10. The summed E-state index contributed by atoms with van der Waals surface area (Å²) < 4.78 is 15.5. The molecular weight excluding hydrogens is 359 g/mol. The third-order valence-electron chi connectivity index (χ3n) is 3.36. The van der Waals surface area contributed by atoms with Crippen LogP contribution in [0.15, 0.2) is 22.7 Å². The molecule has 2 aromatic rings. The van der Waals surface area contributed by atoms with Crippen molar-refractivity contribution >= 4 is 27.5 Å². The van der Waals surface area contributed by atoms with E-state index in [0.29, 0.717) is 20.8 Å². The van der Waals surface area contributed by atoms with Crippen molar-refractivity contribution in [1.82, 2.24) is 9.78 Å². The van der Waals surface area contributed by atoms with Crippen LogP contribution in [0, 0.1) is 5.82 Å². The molecule has 1 N–H and O–H groups in total. The first kappa shape index (κ1) is 16.5. The molecule has 0 amide bonds. The highest BCUT2D eigenvalue weighted by atomic mass is 79.9. The van der Waals surface area contributed by atoms with Crippen molar-refractivity contribution in [1.29, 1.82) is 0 Å². The summed E-state index contributed by atoms with van der Waals surface area (Å²) in [6, 6.07) is 4.77. The van der Waals surface area contributed by atoms with Gasteiger partial charge in [-0.3, -0.25) is 4.68 Å². The van der Waals surface area contributed by atoms with Gasteiger partial charge in [-0.05, 0) is 33.5 Å². The second kappa shape index (κ2) is 6.46. The molecule has 1 unspecified atom stereocenters. The maximum Gasteiger partial charge on any atom is 0.137 e. The summed E-state index contributed by atoms with van der Waals surface area (Å²) in [5.74, 6) is -0.203. The van der Waals surface area contributed by atoms with E-state index in [9.17, 15) is 9.50 Å². The van der Waals surface area contributed by atoms with Crippen molar-refractivity contribution in [3.63, 3.8) is 0 Å². The zero-order valence-corrected chi connectivity index (χ0v) is 14.4. The Morgan fingerprint density at radius 1 is 1.43 bits per heavy atom. The van der Waals surface area contributed by atoms with Gasteiger partial charge in [-0.2, -0.15) is 5.10 Å². The molecule has 2 rings (SSSR count). The minimum atomic E-state index is -0.832. The number of halogens is 3. The Bertz CT molecular complexity index is 657. The van der Waals surface area contributed by atoms with Crippen LogP contribution < -0.4 is 0 Å². The normalized spacial score (nSPS) is 13.0. The molecule has 1 aromatic heterocycles. The van der Waals surface area contributed by atoms with Crippen LogP contribution in [0.3, 0.4) is 0 Å². The van der Waals surface area contributed by atoms with Crippen molar-refractivity contribution in [2.45, 2.75) is 32.3 Å². The van der Waals surface area contributed by atoms with E-state index in [1.165, 1.54) is 6.07 Å². The van der Waals surface area contributed by atoms with Gasteiger partial charge in [-0.15, -0.1) is 0 Å². The van der Waals surface area contributed by atoms with Gasteiger partial charge < -0.3 is 5.11 Å². The second-order valence-corrected chi connectivity index (χ2v) is 6.45. The van der Waals surface area contributed by atoms with Crippen LogP contribution in [0.1, 0.15) is 42.7 Å². The number of aliphatic hydroxyl groups excluding tert-OH is 1. The molecule has 1 atom stereocenters. The minimum absolute atomic E-state index is 0.143. The molecule has 0 fully saturated rings. The van der Waals surface area contributed by atoms with Crippen LogP contribution in [0.25, 0.3) is 0 Å². The SMILES string of the molecule is CC(C)c1nn(C)c(Cl)c1C(O)Cc1cccc(F)c1Br. The molecule has 0 aliphatic heterocycles. The molecule has 0 aliphatic rings. The fourth-order valence-corrected chi connectivity index (χ4v) is 2.98. The van der Waals surface area contributed by atoms with Crippen LogP contribution >= 0.6 is 27.5 Å². The lowest BCUT2D eigenvalue weighted by molar-refractivity contribution is 0.176. The zero-order chi connectivity index (χ0) is 15.7. The number of nitrogens with zero attached hydrogens (tertiary/aromatic N) is 2. The maximum atomic E-state index is 13.6. The van der Waals surface area contributed by atoms with Gasteiger partial charge >= 0.3 is 0 Å². The van der Waals surface area contributed by atoms with Gasteiger partial charge in [-0.1, -0.05) is 37.6 Å². The van der Waals surface area contributed by atoms with Gasteiger partial charge in [0.25, 0.3) is 0 Å². The summed E-state index contributed by atoms with van der Waals surface area (Å²) in [6.45, 7) is 3.99. The summed E-state index contributed by atoms with van der Waals surface area (Å²) in [7, 11) is 1.74. The third kappa shape index (κ3) is 3.30. The first-order valence-corrected chi connectivity index (χ1v) is 7.83. The Morgan fingerprint density at radius 2 is 2.10 bits per heavy atom. The van der Waals surface area contributed by atoms with E-state index in [0.717, 1.165) is 5.69 Å². The highest BCUT2D eigenvalue weighted by Crippen LogP contribution is 2.34. The molecule has 0 bridgehead atoms. The average Bonchev–Trinajstić information content (AvgIpc) is 2.72. The van der Waals surface area contributed by atoms with Crippen molar-refractivity contribution in [3.05, 3.63) is 50.5 Å². The summed E-state index contributed by atoms with van der Waals surface area (Å²) in [4.78, 5) is 0. The summed E-state index contributed by atoms with van der Waals surface area (Å²) in [6.07, 6.45) is -0.564. The van der Waals surface area contributed by atoms with Crippen molar-refractivity contribution in [2.75, 3.05) is 0 Å². The predicted molar refractivity (Wildman–Crippen MR) is 85.1 cm³/mol. The average molecular weight is 376 g/mol. The van der Waals surface area contributed by atoms with E-state index in [1.807, 2.05) is 13.8 Å². The van der Waals surface area contributed by atoms with E-state index in [2.05, 4.69) is 21.0 Å². The predicted octanol–water partition coefficient (Wildman–Crippen LogP) is 4.37. The molecule has 6 heteroatoms. The Hall–Kier alpha value is -0.910. The number of aryl methyl sites for hydroxylation is 1. The fraction of sp³-hybridized carbons (Fsp3) is 0.400. The van der Waals surface area contributed by atoms with Crippen molar-refractivity contribution < 1.29 is 9.50 Å². The highest BCUT2D eigenvalue weighted by Gasteiger charge is 2.24. The number of aromatic nitrogens is 2. The van der Waals surface area contributed by atoms with Gasteiger partial charge in [0.05, 0.1) is 16.3 Å².